The van der Waals surface area contributed by atoms with Crippen LogP contribution in [0.5, 0.6) is 0 Å². The van der Waals surface area contributed by atoms with E-state index < -0.39 is 15.6 Å². The van der Waals surface area contributed by atoms with Gasteiger partial charge in [-0.25, -0.2) is 18.1 Å². The maximum atomic E-state index is 12.4. The third kappa shape index (κ3) is 3.34. The quantitative estimate of drug-likeness (QED) is 0.763. The summed E-state index contributed by atoms with van der Waals surface area (Å²) in [7, 11) is -3.52. The predicted octanol–water partition coefficient (Wildman–Crippen LogP) is 3.62. The monoisotopic (exact) mass is 343 g/mol. The molecule has 0 radical (unpaired) electrons. The fraction of sp³-hybridized carbons (Fsp3) is 0.278. The number of aromatic nitrogens is 2. The molecule has 0 aliphatic heterocycles. The third-order valence-corrected chi connectivity index (χ3v) is 5.36. The first kappa shape index (κ1) is 16.7. The number of H-pyrrole nitrogens is 1. The van der Waals surface area contributed by atoms with E-state index in [2.05, 4.69) is 14.7 Å². The average Bonchev–Trinajstić information content (AvgIpc) is 2.85. The Morgan fingerprint density at radius 2 is 1.75 bits per heavy atom. The number of sulfonamides is 1. The van der Waals surface area contributed by atoms with Crippen LogP contribution in [-0.4, -0.2) is 23.9 Å². The summed E-state index contributed by atoms with van der Waals surface area (Å²) in [5.74, 6) is 0. The molecule has 0 fully saturated rings. The van der Waals surface area contributed by atoms with Gasteiger partial charge < -0.3 is 4.98 Å². The van der Waals surface area contributed by atoms with Crippen molar-refractivity contribution in [3.63, 3.8) is 0 Å². The molecule has 0 aliphatic carbocycles. The SMILES string of the molecule is Cc1cc2c(-c3ccc(S(=O)(=O)NC(C)(C)C)cc3)ccnc2[nH]1. The van der Waals surface area contributed by atoms with Gasteiger partial charge in [0, 0.05) is 22.8 Å². The van der Waals surface area contributed by atoms with Crippen LogP contribution < -0.4 is 4.72 Å². The van der Waals surface area contributed by atoms with Gasteiger partial charge in [-0.15, -0.1) is 0 Å². The van der Waals surface area contributed by atoms with Crippen LogP contribution in [0.25, 0.3) is 22.2 Å². The van der Waals surface area contributed by atoms with Gasteiger partial charge in [0.15, 0.2) is 0 Å². The molecule has 0 spiro atoms. The zero-order chi connectivity index (χ0) is 17.5. The van der Waals surface area contributed by atoms with Gasteiger partial charge in [-0.3, -0.25) is 0 Å². The Hall–Kier alpha value is -2.18. The van der Waals surface area contributed by atoms with Crippen LogP contribution in [0.1, 0.15) is 26.5 Å². The maximum Gasteiger partial charge on any atom is 0.241 e. The third-order valence-electron chi connectivity index (χ3n) is 3.58. The Bertz CT molecular complexity index is 981. The Balaban J connectivity index is 2.00. The number of aromatic amines is 1. The van der Waals surface area contributed by atoms with E-state index in [4.69, 9.17) is 0 Å². The van der Waals surface area contributed by atoms with Gasteiger partial charge in [0.05, 0.1) is 4.90 Å². The second-order valence-electron chi connectivity index (χ2n) is 6.95. The standard InChI is InChI=1S/C18H21N3O2S/c1-12-11-16-15(9-10-19-17(16)20-12)13-5-7-14(8-6-13)24(22,23)21-18(2,3)4/h5-11,21H,1-4H3,(H,19,20). The first-order chi connectivity index (χ1) is 11.2. The van der Waals surface area contributed by atoms with E-state index in [0.29, 0.717) is 0 Å². The number of rotatable bonds is 3. The van der Waals surface area contributed by atoms with E-state index in [1.807, 2.05) is 52.0 Å². The number of fused-ring (bicyclic) bond motifs is 1. The van der Waals surface area contributed by atoms with E-state index in [0.717, 1.165) is 27.9 Å². The lowest BCUT2D eigenvalue weighted by Gasteiger charge is -2.20. The van der Waals surface area contributed by atoms with Crippen LogP contribution in [0.3, 0.4) is 0 Å². The maximum absolute atomic E-state index is 12.4. The fourth-order valence-corrected chi connectivity index (χ4v) is 4.10. The molecule has 6 heteroatoms. The highest BCUT2D eigenvalue weighted by Crippen LogP contribution is 2.28. The summed E-state index contributed by atoms with van der Waals surface area (Å²) in [6.07, 6.45) is 1.75. The minimum atomic E-state index is -3.52. The molecule has 3 aromatic rings. The van der Waals surface area contributed by atoms with Gasteiger partial charge in [-0.05, 0) is 63.1 Å². The first-order valence-corrected chi connectivity index (χ1v) is 9.23. The van der Waals surface area contributed by atoms with Crippen LogP contribution in [0.15, 0.2) is 47.5 Å². The zero-order valence-electron chi connectivity index (χ0n) is 14.2. The Labute approximate surface area is 142 Å². The molecule has 0 saturated heterocycles. The van der Waals surface area contributed by atoms with Gasteiger partial charge in [0.1, 0.15) is 5.65 Å². The first-order valence-electron chi connectivity index (χ1n) is 7.74. The molecule has 2 aromatic heterocycles. The number of nitrogens with zero attached hydrogens (tertiary/aromatic N) is 1. The van der Waals surface area contributed by atoms with E-state index in [9.17, 15) is 8.42 Å². The summed E-state index contributed by atoms with van der Waals surface area (Å²) in [5.41, 5.74) is 3.33. The average molecular weight is 343 g/mol. The topological polar surface area (TPSA) is 74.8 Å². The van der Waals surface area contributed by atoms with Crippen LogP contribution >= 0.6 is 0 Å². The van der Waals surface area contributed by atoms with Crippen molar-refractivity contribution >= 4 is 21.1 Å². The lowest BCUT2D eigenvalue weighted by atomic mass is 10.0. The van der Waals surface area contributed by atoms with Gasteiger partial charge in [-0.1, -0.05) is 12.1 Å². The normalized spacial score (nSPS) is 12.7. The Morgan fingerprint density at radius 3 is 2.38 bits per heavy atom. The summed E-state index contributed by atoms with van der Waals surface area (Å²) < 4.78 is 27.4. The molecule has 2 N–H and O–H groups in total. The summed E-state index contributed by atoms with van der Waals surface area (Å²) in [6, 6.07) is 10.9. The smallest absolute Gasteiger partial charge is 0.241 e. The minimum absolute atomic E-state index is 0.261. The van der Waals surface area contributed by atoms with Crippen molar-refractivity contribution in [2.45, 2.75) is 38.1 Å². The van der Waals surface area contributed by atoms with Crippen molar-refractivity contribution < 1.29 is 8.42 Å². The molecular weight excluding hydrogens is 322 g/mol. The molecule has 0 atom stereocenters. The number of pyridine rings is 1. The number of aryl methyl sites for hydroxylation is 1. The van der Waals surface area contributed by atoms with Crippen molar-refractivity contribution in [2.75, 3.05) is 0 Å². The molecule has 0 amide bonds. The van der Waals surface area contributed by atoms with Crippen LogP contribution in [0.2, 0.25) is 0 Å². The molecule has 126 valence electrons. The highest BCUT2D eigenvalue weighted by atomic mass is 32.2. The summed E-state index contributed by atoms with van der Waals surface area (Å²) in [4.78, 5) is 7.80. The molecule has 3 rings (SSSR count). The van der Waals surface area contributed by atoms with Crippen LogP contribution in [0.4, 0.5) is 0 Å². The van der Waals surface area contributed by atoms with E-state index in [1.165, 1.54) is 0 Å². The van der Waals surface area contributed by atoms with Crippen molar-refractivity contribution in [1.29, 1.82) is 0 Å². The molecule has 0 saturated carbocycles. The Morgan fingerprint density at radius 1 is 1.08 bits per heavy atom. The van der Waals surface area contributed by atoms with Crippen molar-refractivity contribution in [1.82, 2.24) is 14.7 Å². The molecule has 0 bridgehead atoms. The number of nitrogens with one attached hydrogen (secondary N) is 2. The van der Waals surface area contributed by atoms with Crippen molar-refractivity contribution in [2.24, 2.45) is 0 Å². The van der Waals surface area contributed by atoms with E-state index >= 15 is 0 Å². The fourth-order valence-electron chi connectivity index (χ4n) is 2.69. The highest BCUT2D eigenvalue weighted by molar-refractivity contribution is 7.89. The second kappa shape index (κ2) is 5.72. The van der Waals surface area contributed by atoms with E-state index in [-0.39, 0.29) is 4.90 Å². The molecular formula is C18H21N3O2S. The van der Waals surface area contributed by atoms with Crippen molar-refractivity contribution in [3.8, 4) is 11.1 Å². The molecule has 0 aliphatic rings. The molecule has 24 heavy (non-hydrogen) atoms. The van der Waals surface area contributed by atoms with Gasteiger partial charge in [0.25, 0.3) is 0 Å². The van der Waals surface area contributed by atoms with Crippen molar-refractivity contribution in [3.05, 3.63) is 48.3 Å². The Kier molecular flexibility index (Phi) is 3.97. The van der Waals surface area contributed by atoms with Gasteiger partial charge >= 0.3 is 0 Å². The minimum Gasteiger partial charge on any atom is -0.344 e. The largest absolute Gasteiger partial charge is 0.344 e. The number of hydrogen-bond acceptors (Lipinski definition) is 3. The van der Waals surface area contributed by atoms with Gasteiger partial charge in [-0.2, -0.15) is 0 Å². The zero-order valence-corrected chi connectivity index (χ0v) is 15.0. The van der Waals surface area contributed by atoms with Gasteiger partial charge in [0.2, 0.25) is 10.0 Å². The molecule has 0 unspecified atom stereocenters. The summed E-state index contributed by atoms with van der Waals surface area (Å²) >= 11 is 0. The van der Waals surface area contributed by atoms with E-state index in [1.54, 1.807) is 18.3 Å². The molecule has 1 aromatic carbocycles. The predicted molar refractivity (Wildman–Crippen MR) is 96.3 cm³/mol. The number of benzene rings is 1. The molecule has 2 heterocycles. The summed E-state index contributed by atoms with van der Waals surface area (Å²) in [6.45, 7) is 7.45. The summed E-state index contributed by atoms with van der Waals surface area (Å²) in [5, 5.41) is 1.03. The molecule has 5 nitrogen and oxygen atoms in total. The highest BCUT2D eigenvalue weighted by Gasteiger charge is 2.21. The lowest BCUT2D eigenvalue weighted by molar-refractivity contribution is 0.491. The lowest BCUT2D eigenvalue weighted by Crippen LogP contribution is -2.40. The van der Waals surface area contributed by atoms with Crippen LogP contribution in [-0.2, 0) is 10.0 Å². The van der Waals surface area contributed by atoms with Crippen LogP contribution in [0, 0.1) is 6.92 Å². The number of hydrogen-bond donors (Lipinski definition) is 2. The second-order valence-corrected chi connectivity index (χ2v) is 8.64.